The molecule has 1 aromatic carbocycles. The van der Waals surface area contributed by atoms with Gasteiger partial charge in [0.05, 0.1) is 26.5 Å². The highest BCUT2D eigenvalue weighted by atomic mass is 16.5. The predicted octanol–water partition coefficient (Wildman–Crippen LogP) is 3.46. The lowest BCUT2D eigenvalue weighted by Crippen LogP contribution is -2.36. The molecule has 0 radical (unpaired) electrons. The summed E-state index contributed by atoms with van der Waals surface area (Å²) in [7, 11) is 4.99. The van der Waals surface area contributed by atoms with Crippen LogP contribution in [0, 0.1) is 0 Å². The number of methoxy groups -OCH3 is 2. The summed E-state index contributed by atoms with van der Waals surface area (Å²) in [6.07, 6.45) is 2.12. The molecule has 148 valence electrons. The standard InChI is InChI=1S/C20H30N4O3/c1-6-15(7-2)17-11-16(27-24-17)13-23-20(21-3)22-12-14-8-9-18(25-4)19(10-14)26-5/h8-11,15H,6-7,12-13H2,1-5H3,(H2,21,22,23). The Labute approximate surface area is 161 Å². The van der Waals surface area contributed by atoms with Gasteiger partial charge in [-0.3, -0.25) is 4.99 Å². The van der Waals surface area contributed by atoms with Crippen molar-refractivity contribution in [3.63, 3.8) is 0 Å². The Morgan fingerprint density at radius 3 is 2.41 bits per heavy atom. The topological polar surface area (TPSA) is 80.9 Å². The zero-order chi connectivity index (χ0) is 19.6. The fourth-order valence-corrected chi connectivity index (χ4v) is 2.88. The average molecular weight is 374 g/mol. The number of rotatable bonds is 9. The van der Waals surface area contributed by atoms with E-state index in [1.165, 1.54) is 0 Å². The molecule has 7 nitrogen and oxygen atoms in total. The molecule has 0 spiro atoms. The van der Waals surface area contributed by atoms with E-state index >= 15 is 0 Å². The van der Waals surface area contributed by atoms with Gasteiger partial charge in [0.2, 0.25) is 0 Å². The molecular weight excluding hydrogens is 344 g/mol. The summed E-state index contributed by atoms with van der Waals surface area (Å²) in [6.45, 7) is 5.47. The predicted molar refractivity (Wildman–Crippen MR) is 106 cm³/mol. The highest BCUT2D eigenvalue weighted by molar-refractivity contribution is 5.79. The van der Waals surface area contributed by atoms with E-state index < -0.39 is 0 Å². The Morgan fingerprint density at radius 1 is 1.07 bits per heavy atom. The van der Waals surface area contributed by atoms with Crippen molar-refractivity contribution < 1.29 is 14.0 Å². The van der Waals surface area contributed by atoms with Crippen LogP contribution < -0.4 is 20.1 Å². The van der Waals surface area contributed by atoms with Gasteiger partial charge >= 0.3 is 0 Å². The van der Waals surface area contributed by atoms with Gasteiger partial charge in [0.25, 0.3) is 0 Å². The molecule has 0 bridgehead atoms. The highest BCUT2D eigenvalue weighted by Gasteiger charge is 2.13. The number of nitrogens with zero attached hydrogens (tertiary/aromatic N) is 2. The zero-order valence-electron chi connectivity index (χ0n) is 16.8. The second kappa shape index (κ2) is 10.4. The molecule has 0 atom stereocenters. The molecule has 2 aromatic rings. The summed E-state index contributed by atoms with van der Waals surface area (Å²) in [6, 6.07) is 7.84. The van der Waals surface area contributed by atoms with E-state index in [1.54, 1.807) is 21.3 Å². The lowest BCUT2D eigenvalue weighted by Gasteiger charge is -2.13. The minimum atomic E-state index is 0.449. The van der Waals surface area contributed by atoms with Crippen molar-refractivity contribution in [1.29, 1.82) is 0 Å². The molecule has 0 aliphatic heterocycles. The number of aromatic nitrogens is 1. The molecule has 7 heteroatoms. The normalized spacial score (nSPS) is 11.6. The molecule has 0 amide bonds. The fourth-order valence-electron chi connectivity index (χ4n) is 2.88. The van der Waals surface area contributed by atoms with Gasteiger partial charge in [0.15, 0.2) is 23.2 Å². The Morgan fingerprint density at radius 2 is 1.78 bits per heavy atom. The molecular formula is C20H30N4O3. The maximum Gasteiger partial charge on any atom is 0.191 e. The largest absolute Gasteiger partial charge is 0.493 e. The number of benzene rings is 1. The Balaban J connectivity index is 1.89. The van der Waals surface area contributed by atoms with Gasteiger partial charge in [0.1, 0.15) is 0 Å². The van der Waals surface area contributed by atoms with E-state index in [9.17, 15) is 0 Å². The van der Waals surface area contributed by atoms with Crippen LogP contribution in [0.4, 0.5) is 0 Å². The molecule has 0 unspecified atom stereocenters. The molecule has 0 saturated carbocycles. The van der Waals surface area contributed by atoms with Gasteiger partial charge in [-0.2, -0.15) is 0 Å². The molecule has 2 N–H and O–H groups in total. The Bertz CT molecular complexity index is 739. The number of hydrogen-bond acceptors (Lipinski definition) is 5. The summed E-state index contributed by atoms with van der Waals surface area (Å²) >= 11 is 0. The maximum atomic E-state index is 5.44. The summed E-state index contributed by atoms with van der Waals surface area (Å²) in [4.78, 5) is 4.25. The first-order valence-electron chi connectivity index (χ1n) is 9.25. The number of nitrogens with one attached hydrogen (secondary N) is 2. The van der Waals surface area contributed by atoms with Gasteiger partial charge in [-0.1, -0.05) is 25.1 Å². The van der Waals surface area contributed by atoms with Gasteiger partial charge in [-0.15, -0.1) is 0 Å². The molecule has 0 aliphatic carbocycles. The molecule has 0 saturated heterocycles. The van der Waals surface area contributed by atoms with Gasteiger partial charge in [-0.25, -0.2) is 0 Å². The van der Waals surface area contributed by atoms with Crippen molar-refractivity contribution in [2.45, 2.75) is 45.7 Å². The van der Waals surface area contributed by atoms with E-state index in [0.717, 1.165) is 29.9 Å². The lowest BCUT2D eigenvalue weighted by molar-refractivity contribution is 0.354. The number of ether oxygens (including phenoxy) is 2. The van der Waals surface area contributed by atoms with E-state index in [-0.39, 0.29) is 0 Å². The first-order chi connectivity index (χ1) is 13.1. The van der Waals surface area contributed by atoms with Crippen LogP contribution in [0.5, 0.6) is 11.5 Å². The fraction of sp³-hybridized carbons (Fsp3) is 0.500. The van der Waals surface area contributed by atoms with Crippen LogP contribution in [0.15, 0.2) is 33.8 Å². The minimum Gasteiger partial charge on any atom is -0.493 e. The van der Waals surface area contributed by atoms with Crippen LogP contribution in [-0.2, 0) is 13.1 Å². The number of guanidine groups is 1. The van der Waals surface area contributed by atoms with Crippen molar-refractivity contribution in [2.24, 2.45) is 4.99 Å². The summed E-state index contributed by atoms with van der Waals surface area (Å²) in [5.41, 5.74) is 2.08. The van der Waals surface area contributed by atoms with Crippen LogP contribution in [0.3, 0.4) is 0 Å². The third kappa shape index (κ3) is 5.64. The molecule has 1 heterocycles. The molecule has 1 aromatic heterocycles. The zero-order valence-corrected chi connectivity index (χ0v) is 16.8. The van der Waals surface area contributed by atoms with Crippen molar-refractivity contribution in [2.75, 3.05) is 21.3 Å². The van der Waals surface area contributed by atoms with Crippen LogP contribution in [0.25, 0.3) is 0 Å². The monoisotopic (exact) mass is 374 g/mol. The van der Waals surface area contributed by atoms with E-state index in [4.69, 9.17) is 14.0 Å². The first kappa shape index (κ1) is 20.6. The molecule has 0 aliphatic rings. The Kier molecular flexibility index (Phi) is 7.98. The van der Waals surface area contributed by atoms with Crippen LogP contribution in [0.1, 0.15) is 49.6 Å². The lowest BCUT2D eigenvalue weighted by atomic mass is 9.99. The van der Waals surface area contributed by atoms with Crippen molar-refractivity contribution in [1.82, 2.24) is 15.8 Å². The summed E-state index contributed by atoms with van der Waals surface area (Å²) < 4.78 is 16.0. The van der Waals surface area contributed by atoms with Crippen molar-refractivity contribution >= 4 is 5.96 Å². The van der Waals surface area contributed by atoms with Gasteiger partial charge in [0, 0.05) is 25.6 Å². The van der Waals surface area contributed by atoms with E-state index in [2.05, 4.69) is 34.6 Å². The van der Waals surface area contributed by atoms with Crippen LogP contribution >= 0.6 is 0 Å². The highest BCUT2D eigenvalue weighted by Crippen LogP contribution is 2.27. The van der Waals surface area contributed by atoms with Gasteiger partial charge in [-0.05, 0) is 30.5 Å². The van der Waals surface area contributed by atoms with E-state index in [1.807, 2.05) is 24.3 Å². The SMILES string of the molecule is CCC(CC)c1cc(CNC(=NC)NCc2ccc(OC)c(OC)c2)on1. The summed E-state index contributed by atoms with van der Waals surface area (Å²) in [5, 5.41) is 10.7. The molecule has 0 fully saturated rings. The van der Waals surface area contributed by atoms with Crippen molar-refractivity contribution in [3.05, 3.63) is 41.3 Å². The Hall–Kier alpha value is -2.70. The molecule has 2 rings (SSSR count). The number of hydrogen-bond donors (Lipinski definition) is 2. The maximum absolute atomic E-state index is 5.44. The van der Waals surface area contributed by atoms with E-state index in [0.29, 0.717) is 36.5 Å². The summed E-state index contributed by atoms with van der Waals surface area (Å²) in [5.74, 6) is 3.35. The van der Waals surface area contributed by atoms with Gasteiger partial charge < -0.3 is 24.6 Å². The minimum absolute atomic E-state index is 0.449. The average Bonchev–Trinajstić information content (AvgIpc) is 3.17. The van der Waals surface area contributed by atoms with Crippen LogP contribution in [-0.4, -0.2) is 32.4 Å². The quantitative estimate of drug-likeness (QED) is 0.517. The van der Waals surface area contributed by atoms with Crippen molar-refractivity contribution in [3.8, 4) is 11.5 Å². The second-order valence-corrected chi connectivity index (χ2v) is 6.20. The smallest absolute Gasteiger partial charge is 0.191 e. The molecule has 27 heavy (non-hydrogen) atoms. The first-order valence-corrected chi connectivity index (χ1v) is 9.25. The van der Waals surface area contributed by atoms with Crippen LogP contribution in [0.2, 0.25) is 0 Å². The number of aliphatic imine (C=N–C) groups is 1. The second-order valence-electron chi connectivity index (χ2n) is 6.20. The third-order valence-electron chi connectivity index (χ3n) is 4.54. The third-order valence-corrected chi connectivity index (χ3v) is 4.54.